The number of aryl methyl sites for hydroxylation is 2. The largest absolute Gasteiger partial charge is 0.335 e. The van der Waals surface area contributed by atoms with E-state index in [0.717, 1.165) is 34.5 Å². The third-order valence-electron chi connectivity index (χ3n) is 3.60. The number of hydrogen-bond donors (Lipinski definition) is 2. The van der Waals surface area contributed by atoms with E-state index in [1.165, 1.54) is 11.3 Å². The lowest BCUT2D eigenvalue weighted by Gasteiger charge is -2.13. The minimum atomic E-state index is -0.0670. The summed E-state index contributed by atoms with van der Waals surface area (Å²) in [4.78, 5) is 17.5. The molecule has 0 spiro atoms. The van der Waals surface area contributed by atoms with Crippen LogP contribution in [0.2, 0.25) is 0 Å². The number of hydrogen-bond acceptors (Lipinski definition) is 4. The van der Waals surface area contributed by atoms with Crippen molar-refractivity contribution in [1.29, 1.82) is 0 Å². The molecule has 0 unspecified atom stereocenters. The molecule has 4 nitrogen and oxygen atoms in total. The lowest BCUT2D eigenvalue weighted by molar-refractivity contribution is 0.236. The van der Waals surface area contributed by atoms with Crippen molar-refractivity contribution in [2.24, 2.45) is 0 Å². The predicted molar refractivity (Wildman–Crippen MR) is 86.5 cm³/mol. The van der Waals surface area contributed by atoms with Crippen LogP contribution in [0.1, 0.15) is 41.8 Å². The highest BCUT2D eigenvalue weighted by Gasteiger charge is 2.25. The van der Waals surface area contributed by atoms with Crippen LogP contribution in [0.15, 0.2) is 0 Å². The van der Waals surface area contributed by atoms with Crippen LogP contribution in [-0.2, 0) is 6.54 Å². The van der Waals surface area contributed by atoms with Gasteiger partial charge in [-0.05, 0) is 38.9 Å². The molecule has 1 saturated carbocycles. The Morgan fingerprint density at radius 1 is 1.45 bits per heavy atom. The second-order valence-corrected chi connectivity index (χ2v) is 8.03. The number of rotatable bonds is 5. The minimum Gasteiger partial charge on any atom is -0.335 e. The molecule has 1 aliphatic carbocycles. The first-order valence-corrected chi connectivity index (χ1v) is 9.04. The van der Waals surface area contributed by atoms with Crippen molar-refractivity contribution < 1.29 is 4.79 Å². The number of carbonyl (C=O) groups is 1. The van der Waals surface area contributed by atoms with Crippen molar-refractivity contribution in [3.05, 3.63) is 15.6 Å². The molecule has 112 valence electrons. The number of nitrogens with zero attached hydrogens (tertiary/aromatic N) is 1. The van der Waals surface area contributed by atoms with Crippen molar-refractivity contribution in [1.82, 2.24) is 15.6 Å². The predicted octanol–water partition coefficient (Wildman–Crippen LogP) is 3.23. The fourth-order valence-corrected chi connectivity index (χ4v) is 4.48. The van der Waals surface area contributed by atoms with E-state index in [2.05, 4.69) is 29.5 Å². The van der Waals surface area contributed by atoms with Crippen LogP contribution in [0.25, 0.3) is 0 Å². The highest BCUT2D eigenvalue weighted by Crippen LogP contribution is 2.29. The van der Waals surface area contributed by atoms with E-state index in [1.807, 2.05) is 18.7 Å². The smallest absolute Gasteiger partial charge is 0.315 e. The maximum Gasteiger partial charge on any atom is 0.315 e. The molecule has 1 aromatic heterocycles. The molecule has 0 bridgehead atoms. The summed E-state index contributed by atoms with van der Waals surface area (Å²) < 4.78 is 0. The van der Waals surface area contributed by atoms with E-state index >= 15 is 0 Å². The van der Waals surface area contributed by atoms with Crippen molar-refractivity contribution in [3.8, 4) is 0 Å². The van der Waals surface area contributed by atoms with E-state index in [4.69, 9.17) is 0 Å². The van der Waals surface area contributed by atoms with Crippen molar-refractivity contribution in [3.63, 3.8) is 0 Å². The normalized spacial score (nSPS) is 21.9. The average molecular weight is 313 g/mol. The third kappa shape index (κ3) is 4.38. The number of thioether (sulfide) groups is 1. The molecule has 20 heavy (non-hydrogen) atoms. The number of amides is 2. The van der Waals surface area contributed by atoms with Gasteiger partial charge in [0.1, 0.15) is 5.01 Å². The molecule has 0 radical (unpaired) electrons. The van der Waals surface area contributed by atoms with E-state index in [9.17, 15) is 4.79 Å². The Morgan fingerprint density at radius 3 is 2.90 bits per heavy atom. The van der Waals surface area contributed by atoms with Crippen LogP contribution >= 0.6 is 23.1 Å². The van der Waals surface area contributed by atoms with Gasteiger partial charge in [-0.2, -0.15) is 11.8 Å². The van der Waals surface area contributed by atoms with Gasteiger partial charge in [-0.25, -0.2) is 9.78 Å². The molecular weight excluding hydrogens is 290 g/mol. The molecule has 2 rings (SSSR count). The standard InChI is InChI=1S/C14H23N3OS2/c1-4-19-12-6-5-11(7-12)17-14(18)15-8-13-16-9(2)10(3)20-13/h11-12H,4-8H2,1-3H3,(H2,15,17,18)/t11-,12+/m1/s1. The molecule has 1 heterocycles. The van der Waals surface area contributed by atoms with E-state index < -0.39 is 0 Å². The minimum absolute atomic E-state index is 0.0670. The van der Waals surface area contributed by atoms with Gasteiger partial charge in [-0.15, -0.1) is 11.3 Å². The molecule has 1 aromatic rings. The Labute approximate surface area is 129 Å². The lowest BCUT2D eigenvalue weighted by Crippen LogP contribution is -2.40. The topological polar surface area (TPSA) is 54.0 Å². The molecule has 2 amide bonds. The molecule has 0 aromatic carbocycles. The first kappa shape index (κ1) is 15.6. The molecule has 0 aliphatic heterocycles. The molecular formula is C14H23N3OS2. The van der Waals surface area contributed by atoms with Crippen molar-refractivity contribution >= 4 is 29.1 Å². The highest BCUT2D eigenvalue weighted by atomic mass is 32.2. The summed E-state index contributed by atoms with van der Waals surface area (Å²) in [6.07, 6.45) is 3.41. The van der Waals surface area contributed by atoms with Crippen LogP contribution in [0.3, 0.4) is 0 Å². The SMILES string of the molecule is CCS[C@H]1CC[C@@H](NC(=O)NCc2nc(C)c(C)s2)C1. The number of urea groups is 1. The van der Waals surface area contributed by atoms with Crippen molar-refractivity contribution in [2.45, 2.75) is 57.9 Å². The van der Waals surface area contributed by atoms with E-state index in [0.29, 0.717) is 12.6 Å². The van der Waals surface area contributed by atoms with E-state index in [1.54, 1.807) is 11.3 Å². The first-order valence-electron chi connectivity index (χ1n) is 7.17. The Bertz CT molecular complexity index is 442. The average Bonchev–Trinajstić information content (AvgIpc) is 2.96. The quantitative estimate of drug-likeness (QED) is 0.877. The van der Waals surface area contributed by atoms with Gasteiger partial charge in [0.05, 0.1) is 12.2 Å². The summed E-state index contributed by atoms with van der Waals surface area (Å²) in [6.45, 7) is 6.77. The Hall–Kier alpha value is -0.750. The van der Waals surface area contributed by atoms with Crippen molar-refractivity contribution in [2.75, 3.05) is 5.75 Å². The fourth-order valence-electron chi connectivity index (χ4n) is 2.47. The zero-order valence-corrected chi connectivity index (χ0v) is 14.0. The number of thiazole rings is 1. The molecule has 2 atom stereocenters. The van der Waals surface area contributed by atoms with Gasteiger partial charge in [0, 0.05) is 16.2 Å². The number of aromatic nitrogens is 1. The summed E-state index contributed by atoms with van der Waals surface area (Å²) in [6, 6.07) is 0.265. The summed E-state index contributed by atoms with van der Waals surface area (Å²) in [5, 5.41) is 7.67. The Balaban J connectivity index is 1.71. The lowest BCUT2D eigenvalue weighted by atomic mass is 10.2. The molecule has 1 fully saturated rings. The highest BCUT2D eigenvalue weighted by molar-refractivity contribution is 7.99. The van der Waals surface area contributed by atoms with Crippen LogP contribution in [0.4, 0.5) is 4.79 Å². The molecule has 2 N–H and O–H groups in total. The van der Waals surface area contributed by atoms with Gasteiger partial charge in [-0.1, -0.05) is 6.92 Å². The second kappa shape index (κ2) is 7.31. The van der Waals surface area contributed by atoms with Gasteiger partial charge in [0.15, 0.2) is 0 Å². The summed E-state index contributed by atoms with van der Waals surface area (Å²) in [7, 11) is 0. The Morgan fingerprint density at radius 2 is 2.25 bits per heavy atom. The summed E-state index contributed by atoms with van der Waals surface area (Å²) in [5.41, 5.74) is 1.06. The molecule has 1 aliphatic rings. The number of nitrogens with one attached hydrogen (secondary N) is 2. The van der Waals surface area contributed by atoms with Gasteiger partial charge in [0.25, 0.3) is 0 Å². The summed E-state index contributed by atoms with van der Waals surface area (Å²) >= 11 is 3.65. The summed E-state index contributed by atoms with van der Waals surface area (Å²) in [5.74, 6) is 1.16. The molecule has 6 heteroatoms. The van der Waals surface area contributed by atoms with Gasteiger partial charge in [-0.3, -0.25) is 0 Å². The maximum atomic E-state index is 11.9. The second-order valence-electron chi connectivity index (χ2n) is 5.16. The van der Waals surface area contributed by atoms with Crippen LogP contribution < -0.4 is 10.6 Å². The van der Waals surface area contributed by atoms with Gasteiger partial charge < -0.3 is 10.6 Å². The van der Waals surface area contributed by atoms with Crippen LogP contribution in [-0.4, -0.2) is 28.1 Å². The Kier molecular flexibility index (Phi) is 5.72. The van der Waals surface area contributed by atoms with Gasteiger partial charge in [0.2, 0.25) is 0 Å². The monoisotopic (exact) mass is 313 g/mol. The maximum absolute atomic E-state index is 11.9. The van der Waals surface area contributed by atoms with Crippen LogP contribution in [0, 0.1) is 13.8 Å². The van der Waals surface area contributed by atoms with Gasteiger partial charge >= 0.3 is 6.03 Å². The van der Waals surface area contributed by atoms with E-state index in [-0.39, 0.29) is 6.03 Å². The van der Waals surface area contributed by atoms with Crippen LogP contribution in [0.5, 0.6) is 0 Å². The first-order chi connectivity index (χ1) is 9.58. The number of carbonyl (C=O) groups excluding carboxylic acids is 1. The zero-order valence-electron chi connectivity index (χ0n) is 12.4. The molecule has 0 saturated heterocycles. The fraction of sp³-hybridized carbons (Fsp3) is 0.714. The third-order valence-corrected chi connectivity index (χ3v) is 5.90. The zero-order chi connectivity index (χ0) is 14.5.